The van der Waals surface area contributed by atoms with Crippen molar-refractivity contribution in [1.82, 2.24) is 9.80 Å². The molecule has 2 aromatic carbocycles. The average molecular weight is 459 g/mol. The molecule has 3 rings (SSSR count). The zero-order valence-electron chi connectivity index (χ0n) is 18.3. The van der Waals surface area contributed by atoms with Gasteiger partial charge in [-0.05, 0) is 69.9 Å². The first-order valence-electron chi connectivity index (χ1n) is 10.4. The van der Waals surface area contributed by atoms with Crippen molar-refractivity contribution in [3.8, 4) is 11.5 Å². The summed E-state index contributed by atoms with van der Waals surface area (Å²) in [5, 5.41) is 21.6. The highest BCUT2D eigenvalue weighted by molar-refractivity contribution is 6.46. The molecule has 0 aliphatic carbocycles. The number of phenolic OH excluding ortho intramolecular Hbond substituents is 1. The number of nitrogens with zero attached hydrogens (tertiary/aromatic N) is 2. The molecule has 1 atom stereocenters. The summed E-state index contributed by atoms with van der Waals surface area (Å²) < 4.78 is 5.59. The molecule has 0 spiro atoms. The Kier molecular flexibility index (Phi) is 7.43. The third-order valence-corrected chi connectivity index (χ3v) is 5.48. The van der Waals surface area contributed by atoms with Crippen LogP contribution in [0.5, 0.6) is 11.5 Å². The number of hydrogen-bond acceptors (Lipinski definition) is 6. The number of phenols is 1. The van der Waals surface area contributed by atoms with Crippen LogP contribution in [0.15, 0.2) is 48.0 Å². The van der Waals surface area contributed by atoms with Crippen molar-refractivity contribution < 1.29 is 24.5 Å². The summed E-state index contributed by atoms with van der Waals surface area (Å²) in [6, 6.07) is 10.4. The molecule has 0 saturated carbocycles. The fourth-order valence-electron chi connectivity index (χ4n) is 3.80. The Morgan fingerprint density at radius 2 is 1.94 bits per heavy atom. The highest BCUT2D eigenvalue weighted by atomic mass is 35.5. The highest BCUT2D eigenvalue weighted by Crippen LogP contribution is 2.41. The van der Waals surface area contributed by atoms with Gasteiger partial charge in [0.1, 0.15) is 17.3 Å². The van der Waals surface area contributed by atoms with Crippen LogP contribution in [0.2, 0.25) is 5.02 Å². The molecule has 8 heteroatoms. The summed E-state index contributed by atoms with van der Waals surface area (Å²) in [6.45, 7) is 3.37. The number of rotatable bonds is 8. The smallest absolute Gasteiger partial charge is 0.295 e. The van der Waals surface area contributed by atoms with Crippen LogP contribution in [-0.4, -0.2) is 65.5 Å². The van der Waals surface area contributed by atoms with E-state index in [1.165, 1.54) is 23.1 Å². The summed E-state index contributed by atoms with van der Waals surface area (Å²) in [5.41, 5.74) is 0.531. The number of aromatic hydroxyl groups is 1. The maximum Gasteiger partial charge on any atom is 0.295 e. The van der Waals surface area contributed by atoms with Gasteiger partial charge in [-0.15, -0.1) is 0 Å². The van der Waals surface area contributed by atoms with E-state index in [4.69, 9.17) is 16.3 Å². The number of amides is 1. The van der Waals surface area contributed by atoms with Crippen molar-refractivity contribution in [1.29, 1.82) is 0 Å². The number of carbonyl (C=O) groups is 2. The van der Waals surface area contributed by atoms with Crippen LogP contribution in [0, 0.1) is 0 Å². The van der Waals surface area contributed by atoms with Gasteiger partial charge >= 0.3 is 0 Å². The van der Waals surface area contributed by atoms with Crippen LogP contribution in [-0.2, 0) is 9.59 Å². The van der Waals surface area contributed by atoms with Gasteiger partial charge in [-0.2, -0.15) is 0 Å². The number of aliphatic hydroxyl groups excluding tert-OH is 1. The molecule has 1 aliphatic rings. The van der Waals surface area contributed by atoms with Gasteiger partial charge in [0.05, 0.1) is 23.8 Å². The largest absolute Gasteiger partial charge is 0.507 e. The minimum Gasteiger partial charge on any atom is -0.507 e. The SMILES string of the molecule is CCOc1cccc([C@H]2C(=C(O)c3cc(Cl)ccc3O)C(=O)C(=O)N2CCCN(C)C)c1. The summed E-state index contributed by atoms with van der Waals surface area (Å²) in [6.07, 6.45) is 0.643. The third kappa shape index (κ3) is 4.89. The van der Waals surface area contributed by atoms with E-state index in [0.29, 0.717) is 30.9 Å². The van der Waals surface area contributed by atoms with Crippen molar-refractivity contribution in [2.24, 2.45) is 0 Å². The number of Topliss-reactive ketones (excluding diaryl/α,β-unsaturated/α-hetero) is 1. The predicted molar refractivity (Wildman–Crippen MR) is 123 cm³/mol. The summed E-state index contributed by atoms with van der Waals surface area (Å²) in [4.78, 5) is 29.5. The van der Waals surface area contributed by atoms with Gasteiger partial charge in [0.2, 0.25) is 0 Å². The number of likely N-dealkylation sites (tertiary alicyclic amines) is 1. The first-order chi connectivity index (χ1) is 15.2. The second-order valence-electron chi connectivity index (χ2n) is 7.82. The van der Waals surface area contributed by atoms with Crippen molar-refractivity contribution in [3.63, 3.8) is 0 Å². The van der Waals surface area contributed by atoms with Gasteiger partial charge in [-0.25, -0.2) is 0 Å². The minimum absolute atomic E-state index is 0.00486. The molecule has 1 saturated heterocycles. The van der Waals surface area contributed by atoms with Crippen LogP contribution >= 0.6 is 11.6 Å². The van der Waals surface area contributed by atoms with E-state index < -0.39 is 23.5 Å². The number of ketones is 1. The number of halogens is 1. The number of hydrogen-bond donors (Lipinski definition) is 2. The van der Waals surface area contributed by atoms with Crippen LogP contribution in [0.3, 0.4) is 0 Å². The normalized spacial score (nSPS) is 17.9. The van der Waals surface area contributed by atoms with E-state index >= 15 is 0 Å². The Hall–Kier alpha value is -3.03. The lowest BCUT2D eigenvalue weighted by Crippen LogP contribution is -2.32. The molecule has 0 bridgehead atoms. The molecule has 1 aliphatic heterocycles. The Morgan fingerprint density at radius 1 is 1.19 bits per heavy atom. The fourth-order valence-corrected chi connectivity index (χ4v) is 3.97. The second-order valence-corrected chi connectivity index (χ2v) is 8.25. The summed E-state index contributed by atoms with van der Waals surface area (Å²) in [7, 11) is 3.86. The van der Waals surface area contributed by atoms with E-state index in [-0.39, 0.29) is 21.9 Å². The Labute approximate surface area is 192 Å². The first-order valence-corrected chi connectivity index (χ1v) is 10.8. The molecule has 1 amide bonds. The van der Waals surface area contributed by atoms with Crippen molar-refractivity contribution >= 4 is 29.1 Å². The van der Waals surface area contributed by atoms with Gasteiger partial charge in [0.25, 0.3) is 11.7 Å². The number of ether oxygens (including phenoxy) is 1. The average Bonchev–Trinajstić information content (AvgIpc) is 3.00. The maximum absolute atomic E-state index is 13.1. The third-order valence-electron chi connectivity index (χ3n) is 5.24. The van der Waals surface area contributed by atoms with Crippen LogP contribution in [0.1, 0.15) is 30.5 Å². The van der Waals surface area contributed by atoms with Crippen LogP contribution < -0.4 is 4.74 Å². The lowest BCUT2D eigenvalue weighted by atomic mass is 9.95. The molecule has 0 unspecified atom stereocenters. The van der Waals surface area contributed by atoms with Gasteiger partial charge in [-0.1, -0.05) is 23.7 Å². The molecule has 170 valence electrons. The summed E-state index contributed by atoms with van der Waals surface area (Å²) >= 11 is 6.04. The van der Waals surface area contributed by atoms with E-state index in [2.05, 4.69) is 0 Å². The lowest BCUT2D eigenvalue weighted by Gasteiger charge is -2.26. The first kappa shape index (κ1) is 23.6. The standard InChI is InChI=1S/C24H27ClN2O5/c1-4-32-17-8-5-7-15(13-17)21-20(22(29)18-14-16(25)9-10-19(18)28)23(30)24(31)27(21)12-6-11-26(2)3/h5,7-10,13-14,21,28-29H,4,6,11-12H2,1-3H3/t21-/m0/s1. The molecule has 32 heavy (non-hydrogen) atoms. The predicted octanol–water partition coefficient (Wildman–Crippen LogP) is 3.82. The van der Waals surface area contributed by atoms with E-state index in [0.717, 1.165) is 6.54 Å². The number of benzene rings is 2. The Balaban J connectivity index is 2.15. The van der Waals surface area contributed by atoms with Gasteiger partial charge in [0, 0.05) is 11.6 Å². The van der Waals surface area contributed by atoms with E-state index in [9.17, 15) is 19.8 Å². The molecule has 7 nitrogen and oxygen atoms in total. The summed E-state index contributed by atoms with van der Waals surface area (Å²) in [5.74, 6) is -1.62. The van der Waals surface area contributed by atoms with Crippen molar-refractivity contribution in [3.05, 3.63) is 64.2 Å². The molecule has 0 radical (unpaired) electrons. The minimum atomic E-state index is -0.823. The monoisotopic (exact) mass is 458 g/mol. The maximum atomic E-state index is 13.1. The number of carbonyl (C=O) groups excluding carboxylic acids is 2. The quantitative estimate of drug-likeness (QED) is 0.355. The van der Waals surface area contributed by atoms with Gasteiger partial charge < -0.3 is 24.7 Å². The second kappa shape index (κ2) is 10.1. The molecule has 1 heterocycles. The molecule has 2 aromatic rings. The van der Waals surface area contributed by atoms with Crippen molar-refractivity contribution in [2.75, 3.05) is 33.8 Å². The zero-order chi connectivity index (χ0) is 23.4. The van der Waals surface area contributed by atoms with Crippen LogP contribution in [0.25, 0.3) is 5.76 Å². The van der Waals surface area contributed by atoms with E-state index in [1.807, 2.05) is 25.9 Å². The topological polar surface area (TPSA) is 90.3 Å². The molecule has 2 N–H and O–H groups in total. The fraction of sp³-hybridized carbons (Fsp3) is 0.333. The lowest BCUT2D eigenvalue weighted by molar-refractivity contribution is -0.139. The molecule has 0 aromatic heterocycles. The van der Waals surface area contributed by atoms with Crippen LogP contribution in [0.4, 0.5) is 0 Å². The van der Waals surface area contributed by atoms with Gasteiger partial charge in [0.15, 0.2) is 0 Å². The Bertz CT molecular complexity index is 1050. The van der Waals surface area contributed by atoms with Gasteiger partial charge in [-0.3, -0.25) is 9.59 Å². The van der Waals surface area contributed by atoms with Crippen molar-refractivity contribution in [2.45, 2.75) is 19.4 Å². The highest BCUT2D eigenvalue weighted by Gasteiger charge is 2.46. The molecule has 1 fully saturated rings. The van der Waals surface area contributed by atoms with E-state index in [1.54, 1.807) is 24.3 Å². The zero-order valence-corrected chi connectivity index (χ0v) is 19.1. The number of aliphatic hydroxyl groups is 1. The molecular weight excluding hydrogens is 432 g/mol. The Morgan fingerprint density at radius 3 is 2.62 bits per heavy atom. The molecular formula is C24H27ClN2O5.